The summed E-state index contributed by atoms with van der Waals surface area (Å²) < 4.78 is 4.19. The van der Waals surface area contributed by atoms with Crippen molar-refractivity contribution in [2.45, 2.75) is 64.2 Å². The number of amides is 1. The smallest absolute Gasteiger partial charge is 0.235 e. The first-order valence-electron chi connectivity index (χ1n) is 9.12. The largest absolute Gasteiger partial charge is 0.327 e. The van der Waals surface area contributed by atoms with E-state index in [1.165, 1.54) is 24.6 Å². The van der Waals surface area contributed by atoms with E-state index in [1.807, 2.05) is 31.5 Å². The fourth-order valence-electron chi connectivity index (χ4n) is 3.68. The second kappa shape index (κ2) is 8.00. The zero-order chi connectivity index (χ0) is 18.7. The summed E-state index contributed by atoms with van der Waals surface area (Å²) >= 11 is 1.42. The molecule has 0 spiro atoms. The highest BCUT2D eigenvalue weighted by Crippen LogP contribution is 2.37. The Balaban J connectivity index is 1.79. The number of nitriles is 1. The van der Waals surface area contributed by atoms with Crippen LogP contribution in [0.25, 0.3) is 0 Å². The summed E-state index contributed by atoms with van der Waals surface area (Å²) in [5.74, 6) is 0.836. The lowest BCUT2D eigenvalue weighted by Gasteiger charge is -2.19. The van der Waals surface area contributed by atoms with Gasteiger partial charge in [0.1, 0.15) is 11.9 Å². The normalized spacial score (nSPS) is 14.5. The van der Waals surface area contributed by atoms with E-state index in [-0.39, 0.29) is 11.7 Å². The van der Waals surface area contributed by atoms with Crippen LogP contribution in [-0.2, 0) is 11.3 Å². The quantitative estimate of drug-likeness (QED) is 0.778. The van der Waals surface area contributed by atoms with Gasteiger partial charge in [0.05, 0.1) is 11.3 Å². The lowest BCUT2D eigenvalue weighted by Crippen LogP contribution is -2.20. The Hall–Kier alpha value is -2.20. The number of carbonyl (C=O) groups excluding carboxylic acids is 1. The molecule has 0 saturated heterocycles. The molecule has 7 heteroatoms. The lowest BCUT2D eigenvalue weighted by atomic mass is 10.2. The number of carbonyl (C=O) groups is 1. The number of nitrogens with zero attached hydrogens (tertiary/aromatic N) is 4. The number of hydrogen-bond acceptors (Lipinski definition) is 4. The minimum absolute atomic E-state index is 0.103. The number of thioether (sulfide) groups is 1. The van der Waals surface area contributed by atoms with Crippen LogP contribution in [0.2, 0.25) is 0 Å². The summed E-state index contributed by atoms with van der Waals surface area (Å²) in [6, 6.07) is 2.66. The van der Waals surface area contributed by atoms with Crippen molar-refractivity contribution in [1.82, 2.24) is 14.1 Å². The van der Waals surface area contributed by atoms with Crippen LogP contribution in [0.1, 0.15) is 55.5 Å². The van der Waals surface area contributed by atoms with Crippen LogP contribution in [0.5, 0.6) is 0 Å². The molecular formula is C19H25N5OS. The molecule has 0 bridgehead atoms. The molecule has 2 aromatic heterocycles. The van der Waals surface area contributed by atoms with Gasteiger partial charge in [0, 0.05) is 30.7 Å². The SMILES string of the molecule is CCn1ccnc1SCC(=O)Nc1c(C#N)c(C)c(C)n1C1CCCC1. The number of rotatable bonds is 6. The molecule has 1 aliphatic rings. The number of nitrogens with one attached hydrogen (secondary N) is 1. The summed E-state index contributed by atoms with van der Waals surface area (Å²) in [5.41, 5.74) is 2.63. The van der Waals surface area contributed by atoms with Crippen LogP contribution in [0.3, 0.4) is 0 Å². The van der Waals surface area contributed by atoms with Gasteiger partial charge < -0.3 is 14.5 Å². The van der Waals surface area contributed by atoms with E-state index in [1.54, 1.807) is 6.20 Å². The number of anilines is 1. The fraction of sp³-hybridized carbons (Fsp3) is 0.526. The maximum atomic E-state index is 12.6. The van der Waals surface area contributed by atoms with Crippen molar-refractivity contribution in [2.75, 3.05) is 11.1 Å². The molecule has 1 aliphatic carbocycles. The highest BCUT2D eigenvalue weighted by atomic mass is 32.2. The van der Waals surface area contributed by atoms with E-state index in [4.69, 9.17) is 0 Å². The number of aromatic nitrogens is 3. The number of aryl methyl sites for hydroxylation is 1. The summed E-state index contributed by atoms with van der Waals surface area (Å²) in [6.07, 6.45) is 8.26. The Morgan fingerprint density at radius 1 is 1.42 bits per heavy atom. The molecule has 1 saturated carbocycles. The summed E-state index contributed by atoms with van der Waals surface area (Å²) in [4.78, 5) is 16.9. The molecule has 2 aromatic rings. The maximum absolute atomic E-state index is 12.6. The molecule has 1 amide bonds. The molecule has 0 atom stereocenters. The molecule has 6 nitrogen and oxygen atoms in total. The van der Waals surface area contributed by atoms with Crippen molar-refractivity contribution in [2.24, 2.45) is 0 Å². The summed E-state index contributed by atoms with van der Waals surface area (Å²) in [6.45, 7) is 6.87. The van der Waals surface area contributed by atoms with Crippen LogP contribution < -0.4 is 5.32 Å². The van der Waals surface area contributed by atoms with E-state index in [9.17, 15) is 10.1 Å². The second-order valence-electron chi connectivity index (χ2n) is 6.69. The van der Waals surface area contributed by atoms with Gasteiger partial charge in [-0.3, -0.25) is 4.79 Å². The van der Waals surface area contributed by atoms with Gasteiger partial charge >= 0.3 is 0 Å². The van der Waals surface area contributed by atoms with Crippen LogP contribution in [0.4, 0.5) is 5.82 Å². The zero-order valence-electron chi connectivity index (χ0n) is 15.6. The van der Waals surface area contributed by atoms with Crippen LogP contribution in [-0.4, -0.2) is 25.8 Å². The van der Waals surface area contributed by atoms with Crippen molar-refractivity contribution in [3.05, 3.63) is 29.2 Å². The van der Waals surface area contributed by atoms with Crippen LogP contribution in [0, 0.1) is 25.2 Å². The Kier molecular flexibility index (Phi) is 5.72. The van der Waals surface area contributed by atoms with E-state index >= 15 is 0 Å². The van der Waals surface area contributed by atoms with Gasteiger partial charge in [-0.25, -0.2) is 4.98 Å². The van der Waals surface area contributed by atoms with E-state index < -0.39 is 0 Å². The Morgan fingerprint density at radius 2 is 2.15 bits per heavy atom. The first kappa shape index (κ1) is 18.6. The minimum Gasteiger partial charge on any atom is -0.327 e. The van der Waals surface area contributed by atoms with Crippen LogP contribution in [0.15, 0.2) is 17.6 Å². The standard InChI is InChI=1S/C19H25N5OS/c1-4-23-10-9-21-19(23)26-12-17(25)22-18-16(11-20)13(2)14(3)24(18)15-7-5-6-8-15/h9-10,15H,4-8,12H2,1-3H3,(H,22,25). The molecule has 0 aromatic carbocycles. The van der Waals surface area contributed by atoms with Gasteiger partial charge in [-0.1, -0.05) is 24.6 Å². The van der Waals surface area contributed by atoms with E-state index in [0.29, 0.717) is 17.4 Å². The molecule has 0 aliphatic heterocycles. The molecule has 138 valence electrons. The van der Waals surface area contributed by atoms with Gasteiger partial charge in [0.25, 0.3) is 0 Å². The van der Waals surface area contributed by atoms with Gasteiger partial charge in [0.15, 0.2) is 5.16 Å². The van der Waals surface area contributed by atoms with E-state index in [2.05, 4.69) is 20.9 Å². The molecular weight excluding hydrogens is 346 g/mol. The predicted octanol–water partition coefficient (Wildman–Crippen LogP) is 4.04. The molecule has 3 rings (SSSR count). The van der Waals surface area contributed by atoms with E-state index in [0.717, 1.165) is 35.8 Å². The third-order valence-electron chi connectivity index (χ3n) is 5.17. The highest BCUT2D eigenvalue weighted by molar-refractivity contribution is 7.99. The van der Waals surface area contributed by atoms with Crippen molar-refractivity contribution in [3.63, 3.8) is 0 Å². The number of imidazole rings is 1. The van der Waals surface area contributed by atoms with Gasteiger partial charge in [-0.05, 0) is 39.2 Å². The monoisotopic (exact) mass is 371 g/mol. The first-order valence-corrected chi connectivity index (χ1v) is 10.1. The molecule has 2 heterocycles. The molecule has 26 heavy (non-hydrogen) atoms. The second-order valence-corrected chi connectivity index (χ2v) is 7.63. The Bertz CT molecular complexity index is 839. The molecule has 1 N–H and O–H groups in total. The topological polar surface area (TPSA) is 75.6 Å². The van der Waals surface area contributed by atoms with Gasteiger partial charge in [-0.15, -0.1) is 0 Å². The predicted molar refractivity (Wildman–Crippen MR) is 103 cm³/mol. The molecule has 1 fully saturated rings. The zero-order valence-corrected chi connectivity index (χ0v) is 16.4. The first-order chi connectivity index (χ1) is 12.6. The van der Waals surface area contributed by atoms with Crippen molar-refractivity contribution in [3.8, 4) is 6.07 Å². The van der Waals surface area contributed by atoms with Crippen molar-refractivity contribution in [1.29, 1.82) is 5.26 Å². The summed E-state index contributed by atoms with van der Waals surface area (Å²) in [5, 5.41) is 13.5. The molecule has 0 radical (unpaired) electrons. The third kappa shape index (κ3) is 3.51. The van der Waals surface area contributed by atoms with Crippen molar-refractivity contribution >= 4 is 23.5 Å². The Labute approximate surface area is 158 Å². The van der Waals surface area contributed by atoms with Crippen LogP contribution >= 0.6 is 11.8 Å². The van der Waals surface area contributed by atoms with Gasteiger partial charge in [0.2, 0.25) is 5.91 Å². The maximum Gasteiger partial charge on any atom is 0.235 e. The third-order valence-corrected chi connectivity index (χ3v) is 6.17. The number of hydrogen-bond donors (Lipinski definition) is 1. The average Bonchev–Trinajstić information content (AvgIpc) is 3.35. The lowest BCUT2D eigenvalue weighted by molar-refractivity contribution is -0.113. The average molecular weight is 372 g/mol. The highest BCUT2D eigenvalue weighted by Gasteiger charge is 2.26. The minimum atomic E-state index is -0.103. The fourth-order valence-corrected chi connectivity index (χ4v) is 4.50. The van der Waals surface area contributed by atoms with Gasteiger partial charge in [-0.2, -0.15) is 5.26 Å². The molecule has 0 unspecified atom stereocenters. The van der Waals surface area contributed by atoms with Crippen molar-refractivity contribution < 1.29 is 4.79 Å². The Morgan fingerprint density at radius 3 is 2.81 bits per heavy atom. The summed E-state index contributed by atoms with van der Waals surface area (Å²) in [7, 11) is 0.